The van der Waals surface area contributed by atoms with Crippen LogP contribution in [0.4, 0.5) is 4.39 Å². The lowest BCUT2D eigenvalue weighted by Crippen LogP contribution is -2.15. The van der Waals surface area contributed by atoms with Gasteiger partial charge in [-0.25, -0.2) is 4.39 Å². The zero-order valence-corrected chi connectivity index (χ0v) is 13.5. The number of ether oxygens (including phenoxy) is 1. The van der Waals surface area contributed by atoms with E-state index in [0.717, 1.165) is 6.42 Å². The molecule has 0 spiro atoms. The second kappa shape index (κ2) is 9.49. The van der Waals surface area contributed by atoms with Gasteiger partial charge in [-0.1, -0.05) is 67.2 Å². The normalized spacial score (nSPS) is 14.3. The zero-order chi connectivity index (χ0) is 14.1. The van der Waals surface area contributed by atoms with Crippen LogP contribution >= 0.6 is 15.9 Å². The lowest BCUT2D eigenvalue weighted by molar-refractivity contribution is 0.0373. The number of unbranched alkanes of at least 4 members (excludes halogenated alkanes) is 1. The molecule has 0 fully saturated rings. The molecule has 1 nitrogen and oxygen atoms in total. The molecule has 0 saturated carbocycles. The monoisotopic (exact) mass is 330 g/mol. The molecule has 108 valence electrons. The predicted molar refractivity (Wildman–Crippen MR) is 82.2 cm³/mol. The van der Waals surface area contributed by atoms with Gasteiger partial charge in [0.2, 0.25) is 0 Å². The Kier molecular flexibility index (Phi) is 8.31. The minimum Gasteiger partial charge on any atom is -0.372 e. The van der Waals surface area contributed by atoms with Crippen LogP contribution in [0.25, 0.3) is 0 Å². The molecule has 1 aromatic rings. The fourth-order valence-electron chi connectivity index (χ4n) is 2.10. The molecule has 0 radical (unpaired) electrons. The maximum Gasteiger partial charge on any atom is 0.129 e. The number of halogens is 2. The average molecular weight is 331 g/mol. The fraction of sp³-hybridized carbons (Fsp3) is 0.625. The second-order valence-electron chi connectivity index (χ2n) is 4.91. The number of alkyl halides is 1. The summed E-state index contributed by atoms with van der Waals surface area (Å²) < 4.78 is 19.7. The third kappa shape index (κ3) is 5.62. The predicted octanol–water partition coefficient (Wildman–Crippen LogP) is 5.49. The van der Waals surface area contributed by atoms with Crippen molar-refractivity contribution in [2.45, 2.75) is 45.6 Å². The van der Waals surface area contributed by atoms with Crippen LogP contribution in [-0.4, -0.2) is 11.9 Å². The van der Waals surface area contributed by atoms with Gasteiger partial charge in [-0.15, -0.1) is 0 Å². The van der Waals surface area contributed by atoms with Gasteiger partial charge in [-0.05, 0) is 18.4 Å². The lowest BCUT2D eigenvalue weighted by atomic mass is 10.0. The minimum absolute atomic E-state index is 0.187. The second-order valence-corrected chi connectivity index (χ2v) is 5.56. The van der Waals surface area contributed by atoms with Crippen molar-refractivity contribution >= 4 is 15.9 Å². The Balaban J connectivity index is 2.55. The number of hydrogen-bond donors (Lipinski definition) is 0. The lowest BCUT2D eigenvalue weighted by Gasteiger charge is -2.21. The van der Waals surface area contributed by atoms with Gasteiger partial charge in [0.05, 0.1) is 12.7 Å². The van der Waals surface area contributed by atoms with Crippen molar-refractivity contribution in [3.05, 3.63) is 35.6 Å². The van der Waals surface area contributed by atoms with Crippen molar-refractivity contribution in [2.24, 2.45) is 5.92 Å². The van der Waals surface area contributed by atoms with Crippen LogP contribution in [0.5, 0.6) is 0 Å². The molecule has 0 bridgehead atoms. The Morgan fingerprint density at radius 1 is 1.26 bits per heavy atom. The first kappa shape index (κ1) is 16.6. The van der Waals surface area contributed by atoms with E-state index < -0.39 is 0 Å². The van der Waals surface area contributed by atoms with Crippen LogP contribution < -0.4 is 0 Å². The fourth-order valence-corrected chi connectivity index (χ4v) is 2.64. The van der Waals surface area contributed by atoms with Crippen molar-refractivity contribution < 1.29 is 9.13 Å². The largest absolute Gasteiger partial charge is 0.372 e. The SMILES string of the molecule is CCCCC(CC)COC(CBr)c1ccccc1F. The van der Waals surface area contributed by atoms with Gasteiger partial charge in [-0.3, -0.25) is 0 Å². The molecule has 3 heteroatoms. The highest BCUT2D eigenvalue weighted by Gasteiger charge is 2.16. The Morgan fingerprint density at radius 3 is 2.58 bits per heavy atom. The molecule has 0 amide bonds. The molecule has 2 unspecified atom stereocenters. The molecule has 0 aliphatic carbocycles. The van der Waals surface area contributed by atoms with Gasteiger partial charge in [0.25, 0.3) is 0 Å². The van der Waals surface area contributed by atoms with Crippen LogP contribution in [-0.2, 0) is 4.74 Å². The molecule has 0 aliphatic heterocycles. The van der Waals surface area contributed by atoms with Gasteiger partial charge in [0, 0.05) is 10.9 Å². The van der Waals surface area contributed by atoms with Crippen molar-refractivity contribution in [3.8, 4) is 0 Å². The average Bonchev–Trinajstić information content (AvgIpc) is 2.44. The van der Waals surface area contributed by atoms with Gasteiger partial charge in [-0.2, -0.15) is 0 Å². The third-order valence-electron chi connectivity index (χ3n) is 3.47. The molecular formula is C16H24BrFO. The van der Waals surface area contributed by atoms with Gasteiger partial charge < -0.3 is 4.74 Å². The summed E-state index contributed by atoms with van der Waals surface area (Å²) in [6, 6.07) is 6.85. The maximum absolute atomic E-state index is 13.7. The minimum atomic E-state index is -0.197. The van der Waals surface area contributed by atoms with Crippen LogP contribution in [0, 0.1) is 11.7 Å². The molecule has 0 N–H and O–H groups in total. The molecule has 2 atom stereocenters. The van der Waals surface area contributed by atoms with E-state index in [4.69, 9.17) is 4.74 Å². The van der Waals surface area contributed by atoms with Gasteiger partial charge in [0.15, 0.2) is 0 Å². The highest BCUT2D eigenvalue weighted by molar-refractivity contribution is 9.09. The molecule has 19 heavy (non-hydrogen) atoms. The quantitative estimate of drug-likeness (QED) is 0.543. The van der Waals surface area contributed by atoms with Crippen LogP contribution in [0.2, 0.25) is 0 Å². The van der Waals surface area contributed by atoms with Gasteiger partial charge in [0.1, 0.15) is 5.82 Å². The van der Waals surface area contributed by atoms with E-state index in [-0.39, 0.29) is 11.9 Å². The Hall–Kier alpha value is -0.410. The van der Waals surface area contributed by atoms with Gasteiger partial charge >= 0.3 is 0 Å². The van der Waals surface area contributed by atoms with Crippen molar-refractivity contribution in [3.63, 3.8) is 0 Å². The summed E-state index contributed by atoms with van der Waals surface area (Å²) in [6.45, 7) is 5.10. The first-order valence-corrected chi connectivity index (χ1v) is 8.27. The molecule has 0 aromatic heterocycles. The van der Waals surface area contributed by atoms with E-state index in [1.54, 1.807) is 12.1 Å². The van der Waals surface area contributed by atoms with E-state index in [1.807, 2.05) is 6.07 Å². The molecule has 1 aromatic carbocycles. The first-order valence-electron chi connectivity index (χ1n) is 7.14. The number of benzene rings is 1. The Labute approximate surface area is 124 Å². The highest BCUT2D eigenvalue weighted by atomic mass is 79.9. The molecule has 0 heterocycles. The van der Waals surface area contributed by atoms with E-state index in [9.17, 15) is 4.39 Å². The van der Waals surface area contributed by atoms with Crippen LogP contribution in [0.15, 0.2) is 24.3 Å². The highest BCUT2D eigenvalue weighted by Crippen LogP contribution is 2.24. The molecular weight excluding hydrogens is 307 g/mol. The summed E-state index contributed by atoms with van der Waals surface area (Å²) in [5.41, 5.74) is 0.643. The van der Waals surface area contributed by atoms with Crippen molar-refractivity contribution in [1.29, 1.82) is 0 Å². The number of hydrogen-bond acceptors (Lipinski definition) is 1. The molecule has 0 aliphatic rings. The van der Waals surface area contributed by atoms with E-state index in [1.165, 1.54) is 25.3 Å². The Bertz CT molecular complexity index is 356. The topological polar surface area (TPSA) is 9.23 Å². The molecule has 0 saturated heterocycles. The van der Waals surface area contributed by atoms with E-state index in [2.05, 4.69) is 29.8 Å². The standard InChI is InChI=1S/C16H24BrFO/c1-3-5-8-13(4-2)12-19-16(11-17)14-9-6-7-10-15(14)18/h6-7,9-10,13,16H,3-5,8,11-12H2,1-2H3. The Morgan fingerprint density at radius 2 is 2.00 bits per heavy atom. The maximum atomic E-state index is 13.7. The van der Waals surface area contributed by atoms with Crippen LogP contribution in [0.1, 0.15) is 51.2 Å². The first-order chi connectivity index (χ1) is 9.22. The van der Waals surface area contributed by atoms with Crippen LogP contribution in [0.3, 0.4) is 0 Å². The molecule has 1 rings (SSSR count). The summed E-state index contributed by atoms with van der Waals surface area (Å²) in [4.78, 5) is 0. The summed E-state index contributed by atoms with van der Waals surface area (Å²) in [5, 5.41) is 0.623. The van der Waals surface area contributed by atoms with E-state index >= 15 is 0 Å². The summed E-state index contributed by atoms with van der Waals surface area (Å²) in [6.07, 6.45) is 4.56. The zero-order valence-electron chi connectivity index (χ0n) is 11.9. The van der Waals surface area contributed by atoms with Crippen molar-refractivity contribution in [2.75, 3.05) is 11.9 Å². The summed E-state index contributed by atoms with van der Waals surface area (Å²) >= 11 is 3.42. The number of rotatable bonds is 9. The van der Waals surface area contributed by atoms with E-state index in [0.29, 0.717) is 23.4 Å². The van der Waals surface area contributed by atoms with Crippen molar-refractivity contribution in [1.82, 2.24) is 0 Å². The summed E-state index contributed by atoms with van der Waals surface area (Å²) in [5.74, 6) is 0.391. The smallest absolute Gasteiger partial charge is 0.129 e. The summed E-state index contributed by atoms with van der Waals surface area (Å²) in [7, 11) is 0. The third-order valence-corrected chi connectivity index (χ3v) is 4.06.